The number of hydrogen-bond donors (Lipinski definition) is 0. The topological polar surface area (TPSA) is 29.5 Å². The maximum absolute atomic E-state index is 13.3. The Bertz CT molecular complexity index is 459. The summed E-state index contributed by atoms with van der Waals surface area (Å²) >= 11 is 0. The van der Waals surface area contributed by atoms with Crippen molar-refractivity contribution in [2.24, 2.45) is 0 Å². The number of amides is 1. The Morgan fingerprint density at radius 2 is 2.28 bits per heavy atom. The van der Waals surface area contributed by atoms with E-state index in [1.807, 2.05) is 6.92 Å². The van der Waals surface area contributed by atoms with Gasteiger partial charge in [-0.05, 0) is 19.1 Å². The van der Waals surface area contributed by atoms with Crippen LogP contribution in [0.3, 0.4) is 0 Å². The third-order valence-corrected chi connectivity index (χ3v) is 2.86. The van der Waals surface area contributed by atoms with Crippen LogP contribution in [0.1, 0.15) is 12.5 Å². The van der Waals surface area contributed by atoms with Gasteiger partial charge in [-0.25, -0.2) is 4.39 Å². The highest BCUT2D eigenvalue weighted by atomic mass is 19.1. The van der Waals surface area contributed by atoms with Crippen molar-refractivity contribution in [3.8, 4) is 0 Å². The van der Waals surface area contributed by atoms with Crippen LogP contribution < -0.4 is 0 Å². The summed E-state index contributed by atoms with van der Waals surface area (Å²) < 4.78 is 18.7. The first-order valence-corrected chi connectivity index (χ1v) is 6.00. The Kier molecular flexibility index (Phi) is 4.10. The molecule has 1 amide bonds. The number of morpholine rings is 1. The van der Waals surface area contributed by atoms with Gasteiger partial charge in [-0.1, -0.05) is 18.2 Å². The van der Waals surface area contributed by atoms with E-state index in [1.165, 1.54) is 18.2 Å². The third kappa shape index (κ3) is 3.17. The van der Waals surface area contributed by atoms with Crippen molar-refractivity contribution in [1.82, 2.24) is 4.90 Å². The van der Waals surface area contributed by atoms with Crippen LogP contribution in [-0.2, 0) is 9.53 Å². The number of ether oxygens (including phenoxy) is 1. The quantitative estimate of drug-likeness (QED) is 0.751. The summed E-state index contributed by atoms with van der Waals surface area (Å²) in [5.41, 5.74) is 0.423. The summed E-state index contributed by atoms with van der Waals surface area (Å²) in [5.74, 6) is -0.426. The second-order valence-electron chi connectivity index (χ2n) is 4.32. The lowest BCUT2D eigenvalue weighted by Gasteiger charge is -2.30. The summed E-state index contributed by atoms with van der Waals surface area (Å²) in [7, 11) is 0. The summed E-state index contributed by atoms with van der Waals surface area (Å²) in [5, 5.41) is 0. The van der Waals surface area contributed by atoms with Crippen molar-refractivity contribution in [3.05, 3.63) is 41.7 Å². The zero-order chi connectivity index (χ0) is 13.0. The Morgan fingerprint density at radius 1 is 1.50 bits per heavy atom. The van der Waals surface area contributed by atoms with E-state index in [2.05, 4.69) is 0 Å². The number of hydrogen-bond acceptors (Lipinski definition) is 2. The van der Waals surface area contributed by atoms with E-state index in [0.717, 1.165) is 0 Å². The molecule has 96 valence electrons. The molecule has 1 saturated heterocycles. The lowest BCUT2D eigenvalue weighted by molar-refractivity contribution is -0.132. The van der Waals surface area contributed by atoms with E-state index in [0.29, 0.717) is 25.3 Å². The van der Waals surface area contributed by atoms with Gasteiger partial charge in [0.15, 0.2) is 0 Å². The van der Waals surface area contributed by atoms with Crippen LogP contribution in [0.4, 0.5) is 4.39 Å². The van der Waals surface area contributed by atoms with E-state index in [-0.39, 0.29) is 17.8 Å². The van der Waals surface area contributed by atoms with Gasteiger partial charge in [0.1, 0.15) is 5.82 Å². The van der Waals surface area contributed by atoms with Crippen LogP contribution in [0.5, 0.6) is 0 Å². The van der Waals surface area contributed by atoms with Crippen molar-refractivity contribution >= 4 is 12.0 Å². The molecule has 1 aliphatic heterocycles. The number of halogens is 1. The minimum Gasteiger partial charge on any atom is -0.375 e. The van der Waals surface area contributed by atoms with Crippen LogP contribution in [-0.4, -0.2) is 36.6 Å². The zero-order valence-electron chi connectivity index (χ0n) is 10.3. The molecule has 1 fully saturated rings. The molecule has 1 atom stereocenters. The van der Waals surface area contributed by atoms with Gasteiger partial charge < -0.3 is 9.64 Å². The fraction of sp³-hybridized carbons (Fsp3) is 0.357. The molecule has 0 aromatic heterocycles. The number of nitrogens with zero attached hydrogens (tertiary/aromatic N) is 1. The van der Waals surface area contributed by atoms with Crippen LogP contribution in [0.15, 0.2) is 30.3 Å². The van der Waals surface area contributed by atoms with Gasteiger partial charge in [0.25, 0.3) is 0 Å². The lowest BCUT2D eigenvalue weighted by atomic mass is 10.2. The van der Waals surface area contributed by atoms with E-state index < -0.39 is 0 Å². The molecule has 1 aromatic carbocycles. The number of carbonyl (C=O) groups is 1. The second kappa shape index (κ2) is 5.78. The highest BCUT2D eigenvalue weighted by molar-refractivity contribution is 5.91. The number of benzene rings is 1. The zero-order valence-corrected chi connectivity index (χ0v) is 10.3. The van der Waals surface area contributed by atoms with Gasteiger partial charge >= 0.3 is 0 Å². The van der Waals surface area contributed by atoms with Crippen LogP contribution >= 0.6 is 0 Å². The van der Waals surface area contributed by atoms with Crippen LogP contribution in [0.25, 0.3) is 6.08 Å². The van der Waals surface area contributed by atoms with Crippen molar-refractivity contribution in [1.29, 1.82) is 0 Å². The number of carbonyl (C=O) groups excluding carboxylic acids is 1. The summed E-state index contributed by atoms with van der Waals surface area (Å²) in [4.78, 5) is 13.6. The van der Waals surface area contributed by atoms with E-state index in [4.69, 9.17) is 4.74 Å². The minimum atomic E-state index is -0.322. The van der Waals surface area contributed by atoms with Gasteiger partial charge in [-0.15, -0.1) is 0 Å². The average molecular weight is 249 g/mol. The van der Waals surface area contributed by atoms with Gasteiger partial charge in [0.2, 0.25) is 5.91 Å². The molecular weight excluding hydrogens is 233 g/mol. The second-order valence-corrected chi connectivity index (χ2v) is 4.32. The highest BCUT2D eigenvalue weighted by Gasteiger charge is 2.19. The van der Waals surface area contributed by atoms with Crippen LogP contribution in [0, 0.1) is 5.82 Å². The first-order valence-electron chi connectivity index (χ1n) is 6.00. The normalized spacial score (nSPS) is 20.3. The van der Waals surface area contributed by atoms with Crippen LogP contribution in [0.2, 0.25) is 0 Å². The van der Waals surface area contributed by atoms with Gasteiger partial charge in [0.05, 0.1) is 12.7 Å². The fourth-order valence-corrected chi connectivity index (χ4v) is 1.90. The summed E-state index contributed by atoms with van der Waals surface area (Å²) in [6.45, 7) is 3.66. The van der Waals surface area contributed by atoms with Crippen molar-refractivity contribution in [2.75, 3.05) is 19.7 Å². The summed E-state index contributed by atoms with van der Waals surface area (Å²) in [6, 6.07) is 6.38. The SMILES string of the molecule is CC1CN(C(=O)/C=C/c2ccccc2F)CCO1. The largest absolute Gasteiger partial charge is 0.375 e. The van der Waals surface area contributed by atoms with Gasteiger partial charge in [-0.2, -0.15) is 0 Å². The first-order chi connectivity index (χ1) is 8.66. The predicted octanol–water partition coefficient (Wildman–Crippen LogP) is 2.09. The molecule has 18 heavy (non-hydrogen) atoms. The average Bonchev–Trinajstić information content (AvgIpc) is 2.37. The molecule has 0 aliphatic carbocycles. The maximum atomic E-state index is 13.3. The Morgan fingerprint density at radius 3 is 3.00 bits per heavy atom. The molecule has 1 aromatic rings. The predicted molar refractivity (Wildman–Crippen MR) is 67.4 cm³/mol. The molecule has 0 radical (unpaired) electrons. The first kappa shape index (κ1) is 12.8. The molecule has 0 saturated carbocycles. The van der Waals surface area contributed by atoms with Crippen molar-refractivity contribution < 1.29 is 13.9 Å². The molecule has 1 aliphatic rings. The minimum absolute atomic E-state index is 0.0598. The molecule has 3 nitrogen and oxygen atoms in total. The molecule has 2 rings (SSSR count). The molecule has 1 unspecified atom stereocenters. The third-order valence-electron chi connectivity index (χ3n) is 2.86. The molecular formula is C14H16FNO2. The molecule has 0 bridgehead atoms. The Labute approximate surface area is 106 Å². The molecule has 0 spiro atoms. The van der Waals surface area contributed by atoms with Gasteiger partial charge in [0, 0.05) is 24.7 Å². The summed E-state index contributed by atoms with van der Waals surface area (Å²) in [6.07, 6.45) is 2.98. The molecule has 0 N–H and O–H groups in total. The lowest BCUT2D eigenvalue weighted by Crippen LogP contribution is -2.43. The van der Waals surface area contributed by atoms with E-state index >= 15 is 0 Å². The maximum Gasteiger partial charge on any atom is 0.246 e. The number of rotatable bonds is 2. The standard InChI is InChI=1S/C14H16FNO2/c1-11-10-16(8-9-18-11)14(17)7-6-12-4-2-3-5-13(12)15/h2-7,11H,8-10H2,1H3/b7-6+. The Balaban J connectivity index is 2.01. The molecule has 1 heterocycles. The smallest absolute Gasteiger partial charge is 0.246 e. The molecule has 4 heteroatoms. The Hall–Kier alpha value is -1.68. The fourth-order valence-electron chi connectivity index (χ4n) is 1.90. The van der Waals surface area contributed by atoms with E-state index in [9.17, 15) is 9.18 Å². The van der Waals surface area contributed by atoms with E-state index in [1.54, 1.807) is 23.1 Å². The van der Waals surface area contributed by atoms with Gasteiger partial charge in [-0.3, -0.25) is 4.79 Å². The van der Waals surface area contributed by atoms with Crippen molar-refractivity contribution in [2.45, 2.75) is 13.0 Å². The monoisotopic (exact) mass is 249 g/mol. The highest BCUT2D eigenvalue weighted by Crippen LogP contribution is 2.10. The van der Waals surface area contributed by atoms with Crippen molar-refractivity contribution in [3.63, 3.8) is 0 Å².